The Morgan fingerprint density at radius 2 is 1.78 bits per heavy atom. The maximum absolute atomic E-state index is 12.5. The molecule has 2 aromatic rings. The van der Waals surface area contributed by atoms with Gasteiger partial charge in [0.25, 0.3) is 11.1 Å². The Balaban J connectivity index is 1.69. The summed E-state index contributed by atoms with van der Waals surface area (Å²) in [5.74, 6) is -0.294. The van der Waals surface area contributed by atoms with E-state index in [1.807, 2.05) is 67.5 Å². The summed E-state index contributed by atoms with van der Waals surface area (Å²) in [5.41, 5.74) is 2.89. The number of carbonyl (C=O) groups is 2. The van der Waals surface area contributed by atoms with E-state index in [0.29, 0.717) is 9.93 Å². The third-order valence-corrected chi connectivity index (χ3v) is 5.40. The van der Waals surface area contributed by atoms with Crippen LogP contribution in [0.4, 0.5) is 10.5 Å². The standard InChI is InChI=1S/C21H19ClN2O2S/c1-23(2)17-12-10-15(11-13-17)6-5-9-19-20(25)24(21(26)27-19)14-16-7-3-4-8-18(16)22/h3-13H,14H2,1-2H3/b6-5+,19-9-. The van der Waals surface area contributed by atoms with Gasteiger partial charge in [-0.1, -0.05) is 54.1 Å². The van der Waals surface area contributed by atoms with Crippen molar-refractivity contribution in [2.45, 2.75) is 6.54 Å². The number of amides is 2. The van der Waals surface area contributed by atoms with E-state index in [2.05, 4.69) is 0 Å². The maximum Gasteiger partial charge on any atom is 0.293 e. The van der Waals surface area contributed by atoms with Crippen LogP contribution in [0.25, 0.3) is 6.08 Å². The lowest BCUT2D eigenvalue weighted by Crippen LogP contribution is -2.27. The first-order chi connectivity index (χ1) is 13.0. The first kappa shape index (κ1) is 19.3. The van der Waals surface area contributed by atoms with Gasteiger partial charge in [0.1, 0.15) is 0 Å². The maximum atomic E-state index is 12.5. The lowest BCUT2D eigenvalue weighted by atomic mass is 10.2. The number of nitrogens with zero attached hydrogens (tertiary/aromatic N) is 2. The third-order valence-electron chi connectivity index (χ3n) is 4.11. The van der Waals surface area contributed by atoms with Gasteiger partial charge in [0.05, 0.1) is 11.4 Å². The number of benzene rings is 2. The van der Waals surface area contributed by atoms with Crippen molar-refractivity contribution in [3.05, 3.63) is 81.7 Å². The summed E-state index contributed by atoms with van der Waals surface area (Å²) in [4.78, 5) is 28.4. The van der Waals surface area contributed by atoms with Crippen LogP contribution in [0.15, 0.2) is 65.6 Å². The van der Waals surface area contributed by atoms with Crippen LogP contribution >= 0.6 is 23.4 Å². The van der Waals surface area contributed by atoms with Gasteiger partial charge >= 0.3 is 0 Å². The molecule has 4 nitrogen and oxygen atoms in total. The summed E-state index contributed by atoms with van der Waals surface area (Å²) in [6.07, 6.45) is 5.37. The number of hydrogen-bond donors (Lipinski definition) is 0. The molecule has 0 radical (unpaired) electrons. The summed E-state index contributed by atoms with van der Waals surface area (Å²) >= 11 is 7.08. The highest BCUT2D eigenvalue weighted by atomic mass is 35.5. The van der Waals surface area contributed by atoms with Gasteiger partial charge in [-0.25, -0.2) is 0 Å². The van der Waals surface area contributed by atoms with Crippen molar-refractivity contribution in [2.75, 3.05) is 19.0 Å². The fourth-order valence-electron chi connectivity index (χ4n) is 2.58. The Labute approximate surface area is 168 Å². The first-order valence-electron chi connectivity index (χ1n) is 8.38. The molecule has 27 heavy (non-hydrogen) atoms. The van der Waals surface area contributed by atoms with Gasteiger partial charge in [-0.15, -0.1) is 0 Å². The molecule has 0 N–H and O–H groups in total. The van der Waals surface area contributed by atoms with E-state index in [1.165, 1.54) is 4.90 Å². The smallest absolute Gasteiger partial charge is 0.293 e. The van der Waals surface area contributed by atoms with E-state index in [4.69, 9.17) is 11.6 Å². The lowest BCUT2D eigenvalue weighted by molar-refractivity contribution is -0.123. The van der Waals surface area contributed by atoms with Crippen LogP contribution in [-0.2, 0) is 11.3 Å². The number of allylic oxidation sites excluding steroid dienone is 2. The van der Waals surface area contributed by atoms with Crippen molar-refractivity contribution in [1.82, 2.24) is 4.90 Å². The van der Waals surface area contributed by atoms with Crippen LogP contribution in [0.1, 0.15) is 11.1 Å². The molecule has 2 aromatic carbocycles. The van der Waals surface area contributed by atoms with Gasteiger partial charge in [-0.3, -0.25) is 14.5 Å². The Bertz CT molecular complexity index is 920. The molecule has 1 aliphatic heterocycles. The number of hydrogen-bond acceptors (Lipinski definition) is 4. The Morgan fingerprint density at radius 3 is 2.44 bits per heavy atom. The van der Waals surface area contributed by atoms with Crippen molar-refractivity contribution in [3.63, 3.8) is 0 Å². The zero-order valence-electron chi connectivity index (χ0n) is 15.1. The van der Waals surface area contributed by atoms with E-state index in [9.17, 15) is 9.59 Å². The molecule has 1 fully saturated rings. The Morgan fingerprint density at radius 1 is 1.07 bits per heavy atom. The fourth-order valence-corrected chi connectivity index (χ4v) is 3.56. The number of imide groups is 1. The van der Waals surface area contributed by atoms with E-state index in [1.54, 1.807) is 18.2 Å². The molecule has 2 amide bonds. The highest BCUT2D eigenvalue weighted by Crippen LogP contribution is 2.32. The summed E-state index contributed by atoms with van der Waals surface area (Å²) in [6, 6.07) is 15.3. The van der Waals surface area contributed by atoms with Crippen LogP contribution in [0.2, 0.25) is 5.02 Å². The molecule has 3 rings (SSSR count). The monoisotopic (exact) mass is 398 g/mol. The molecule has 0 saturated carbocycles. The highest BCUT2D eigenvalue weighted by molar-refractivity contribution is 8.18. The number of thioether (sulfide) groups is 1. The van der Waals surface area contributed by atoms with E-state index in [-0.39, 0.29) is 17.7 Å². The fraction of sp³-hybridized carbons (Fsp3) is 0.143. The molecule has 1 saturated heterocycles. The molecule has 138 valence electrons. The molecule has 0 atom stereocenters. The lowest BCUT2D eigenvalue weighted by Gasteiger charge is -2.13. The predicted octanol–water partition coefficient (Wildman–Crippen LogP) is 5.20. The van der Waals surface area contributed by atoms with Crippen LogP contribution in [-0.4, -0.2) is 30.1 Å². The second-order valence-electron chi connectivity index (χ2n) is 6.23. The van der Waals surface area contributed by atoms with Crippen molar-refractivity contribution in [1.29, 1.82) is 0 Å². The van der Waals surface area contributed by atoms with Gasteiger partial charge < -0.3 is 4.90 Å². The minimum Gasteiger partial charge on any atom is -0.378 e. The van der Waals surface area contributed by atoms with Gasteiger partial charge in [0.15, 0.2) is 0 Å². The van der Waals surface area contributed by atoms with Crippen LogP contribution in [0.5, 0.6) is 0 Å². The van der Waals surface area contributed by atoms with Gasteiger partial charge in [0.2, 0.25) is 0 Å². The number of rotatable bonds is 5. The predicted molar refractivity (Wildman–Crippen MR) is 113 cm³/mol. The van der Waals surface area contributed by atoms with E-state index < -0.39 is 0 Å². The average Bonchev–Trinajstić information content (AvgIpc) is 2.91. The number of anilines is 1. The molecule has 0 unspecified atom stereocenters. The topological polar surface area (TPSA) is 40.6 Å². The molecule has 0 spiro atoms. The zero-order chi connectivity index (χ0) is 19.4. The van der Waals surface area contributed by atoms with Crippen LogP contribution in [0.3, 0.4) is 0 Å². The normalized spacial score (nSPS) is 16.0. The SMILES string of the molecule is CN(C)c1ccc(/C=C/C=C2\SC(=O)N(Cc3ccccc3Cl)C2=O)cc1. The molecular formula is C21H19ClN2O2S. The summed E-state index contributed by atoms with van der Waals surface area (Å²) < 4.78 is 0. The van der Waals surface area contributed by atoms with Crippen molar-refractivity contribution < 1.29 is 9.59 Å². The number of carbonyl (C=O) groups excluding carboxylic acids is 2. The zero-order valence-corrected chi connectivity index (χ0v) is 16.6. The van der Waals surface area contributed by atoms with Crippen molar-refractivity contribution >= 4 is 46.3 Å². The van der Waals surface area contributed by atoms with Gasteiger partial charge in [-0.05, 0) is 47.2 Å². The number of halogens is 1. The first-order valence-corrected chi connectivity index (χ1v) is 9.58. The van der Waals surface area contributed by atoms with Crippen molar-refractivity contribution in [3.8, 4) is 0 Å². The van der Waals surface area contributed by atoms with Crippen LogP contribution < -0.4 is 4.90 Å². The van der Waals surface area contributed by atoms with E-state index in [0.717, 1.165) is 28.6 Å². The molecule has 1 heterocycles. The van der Waals surface area contributed by atoms with Crippen molar-refractivity contribution in [2.24, 2.45) is 0 Å². The quantitative estimate of drug-likeness (QED) is 0.649. The minimum atomic E-state index is -0.294. The van der Waals surface area contributed by atoms with Gasteiger partial charge in [-0.2, -0.15) is 0 Å². The molecule has 0 aliphatic carbocycles. The molecule has 0 aromatic heterocycles. The summed E-state index contributed by atoms with van der Waals surface area (Å²) in [7, 11) is 3.98. The summed E-state index contributed by atoms with van der Waals surface area (Å²) in [6.45, 7) is 0.178. The summed E-state index contributed by atoms with van der Waals surface area (Å²) in [5, 5.41) is 0.261. The molecule has 0 bridgehead atoms. The van der Waals surface area contributed by atoms with Gasteiger partial charge in [0, 0.05) is 24.8 Å². The minimum absolute atomic E-state index is 0.178. The molecule has 6 heteroatoms. The average molecular weight is 399 g/mol. The second-order valence-corrected chi connectivity index (χ2v) is 7.63. The van der Waals surface area contributed by atoms with Crippen LogP contribution in [0, 0.1) is 0 Å². The largest absolute Gasteiger partial charge is 0.378 e. The highest BCUT2D eigenvalue weighted by Gasteiger charge is 2.34. The van der Waals surface area contributed by atoms with E-state index >= 15 is 0 Å². The molecular weight excluding hydrogens is 380 g/mol. The third kappa shape index (κ3) is 4.62. The Kier molecular flexibility index (Phi) is 6.04. The second kappa shape index (κ2) is 8.46. The molecule has 1 aliphatic rings. The Hall–Kier alpha value is -2.50.